The lowest BCUT2D eigenvalue weighted by atomic mass is 10.1. The first-order chi connectivity index (χ1) is 12.2. The number of imidazole rings is 1. The zero-order chi connectivity index (χ0) is 17.2. The van der Waals surface area contributed by atoms with Crippen LogP contribution in [-0.4, -0.2) is 40.9 Å². The molecule has 5 heteroatoms. The minimum absolute atomic E-state index is 0.0316. The van der Waals surface area contributed by atoms with E-state index < -0.39 is 0 Å². The van der Waals surface area contributed by atoms with E-state index in [9.17, 15) is 5.11 Å². The third-order valence-corrected chi connectivity index (χ3v) is 4.83. The zero-order valence-electron chi connectivity index (χ0n) is 14.2. The molecule has 4 rings (SSSR count). The topological polar surface area (TPSA) is 53.3 Å². The van der Waals surface area contributed by atoms with Crippen LogP contribution in [0.25, 0.3) is 11.4 Å². The monoisotopic (exact) mass is 334 g/mol. The Morgan fingerprint density at radius 2 is 1.76 bits per heavy atom. The molecule has 0 aliphatic carbocycles. The van der Waals surface area contributed by atoms with E-state index in [1.165, 1.54) is 0 Å². The molecule has 2 aromatic carbocycles. The van der Waals surface area contributed by atoms with E-state index in [4.69, 9.17) is 0 Å². The number of aliphatic hydroxyl groups excluding tert-OH is 1. The number of nitrogens with zero attached hydrogens (tertiary/aromatic N) is 3. The van der Waals surface area contributed by atoms with Crippen LogP contribution in [0.5, 0.6) is 0 Å². The zero-order valence-corrected chi connectivity index (χ0v) is 14.2. The molecule has 1 aliphatic rings. The number of rotatable bonds is 4. The van der Waals surface area contributed by atoms with E-state index in [2.05, 4.69) is 63.2 Å². The summed E-state index contributed by atoms with van der Waals surface area (Å²) in [7, 11) is 2.06. The summed E-state index contributed by atoms with van der Waals surface area (Å²) in [4.78, 5) is 6.66. The van der Waals surface area contributed by atoms with E-state index in [1.807, 2.05) is 24.4 Å². The van der Waals surface area contributed by atoms with Crippen molar-refractivity contribution in [3.05, 3.63) is 67.0 Å². The second-order valence-corrected chi connectivity index (χ2v) is 6.39. The molecule has 0 saturated carbocycles. The van der Waals surface area contributed by atoms with Crippen LogP contribution >= 0.6 is 0 Å². The standard InChI is InChI=1S/C20H22N4O/c1-23(16-5-3-2-4-6-16)17-9-7-15(8-10-17)20-22-11-12-24(20)18-13-21-14-19(18)25/h2-12,18-19,21,25H,13-14H2,1H3/t18-,19+/m1/s1. The van der Waals surface area contributed by atoms with Crippen LogP contribution in [0.15, 0.2) is 67.0 Å². The maximum Gasteiger partial charge on any atom is 0.140 e. The molecule has 2 atom stereocenters. The average Bonchev–Trinajstić information content (AvgIpc) is 3.30. The van der Waals surface area contributed by atoms with Gasteiger partial charge in [-0.15, -0.1) is 0 Å². The molecule has 25 heavy (non-hydrogen) atoms. The minimum Gasteiger partial charge on any atom is -0.390 e. The Hall–Kier alpha value is -2.63. The smallest absolute Gasteiger partial charge is 0.140 e. The van der Waals surface area contributed by atoms with Gasteiger partial charge in [-0.3, -0.25) is 0 Å². The maximum absolute atomic E-state index is 10.2. The number of anilines is 2. The fraction of sp³-hybridized carbons (Fsp3) is 0.250. The Morgan fingerprint density at radius 1 is 1.04 bits per heavy atom. The largest absolute Gasteiger partial charge is 0.390 e. The molecule has 0 bridgehead atoms. The molecule has 2 heterocycles. The predicted molar refractivity (Wildman–Crippen MR) is 100 cm³/mol. The highest BCUT2D eigenvalue weighted by atomic mass is 16.3. The van der Waals surface area contributed by atoms with Gasteiger partial charge in [0.1, 0.15) is 5.82 Å². The number of β-amino-alcohol motifs (C(OH)–C–C–N with tert-alkyl or cyclic N) is 1. The fourth-order valence-electron chi connectivity index (χ4n) is 3.37. The molecule has 1 fully saturated rings. The Kier molecular flexibility index (Phi) is 4.26. The summed E-state index contributed by atoms with van der Waals surface area (Å²) in [6, 6.07) is 18.7. The Bertz CT molecular complexity index is 828. The van der Waals surface area contributed by atoms with Crippen molar-refractivity contribution >= 4 is 11.4 Å². The first-order valence-corrected chi connectivity index (χ1v) is 8.55. The van der Waals surface area contributed by atoms with Gasteiger partial charge in [0.15, 0.2) is 0 Å². The predicted octanol–water partition coefficient (Wildman–Crippen LogP) is 2.82. The normalized spacial score (nSPS) is 19.9. The van der Waals surface area contributed by atoms with Gasteiger partial charge in [-0.25, -0.2) is 4.98 Å². The third-order valence-electron chi connectivity index (χ3n) is 4.83. The molecule has 2 N–H and O–H groups in total. The Balaban J connectivity index is 1.60. The summed E-state index contributed by atoms with van der Waals surface area (Å²) >= 11 is 0. The van der Waals surface area contributed by atoms with Crippen LogP contribution in [0.3, 0.4) is 0 Å². The lowest BCUT2D eigenvalue weighted by Gasteiger charge is -2.20. The van der Waals surface area contributed by atoms with Gasteiger partial charge < -0.3 is 19.9 Å². The molecule has 0 amide bonds. The molecule has 3 aromatic rings. The van der Waals surface area contributed by atoms with Gasteiger partial charge in [-0.2, -0.15) is 0 Å². The van der Waals surface area contributed by atoms with Crippen LogP contribution < -0.4 is 10.2 Å². The summed E-state index contributed by atoms with van der Waals surface area (Å²) in [5.74, 6) is 0.890. The van der Waals surface area contributed by atoms with Gasteiger partial charge in [0.2, 0.25) is 0 Å². The van der Waals surface area contributed by atoms with Crippen LogP contribution in [0.1, 0.15) is 6.04 Å². The Morgan fingerprint density at radius 3 is 2.44 bits per heavy atom. The molecular weight excluding hydrogens is 312 g/mol. The number of nitrogens with one attached hydrogen (secondary N) is 1. The first kappa shape index (κ1) is 15.9. The summed E-state index contributed by atoms with van der Waals surface area (Å²) in [5, 5.41) is 13.4. The molecule has 0 spiro atoms. The summed E-state index contributed by atoms with van der Waals surface area (Å²) < 4.78 is 2.07. The summed E-state index contributed by atoms with van der Waals surface area (Å²) in [6.07, 6.45) is 3.36. The molecular formula is C20H22N4O. The van der Waals surface area contributed by atoms with E-state index in [1.54, 1.807) is 6.20 Å². The minimum atomic E-state index is -0.378. The van der Waals surface area contributed by atoms with Crippen molar-refractivity contribution in [3.8, 4) is 11.4 Å². The van der Waals surface area contributed by atoms with Gasteiger partial charge in [0, 0.05) is 49.5 Å². The fourth-order valence-corrected chi connectivity index (χ4v) is 3.37. The first-order valence-electron chi connectivity index (χ1n) is 8.55. The average molecular weight is 334 g/mol. The van der Waals surface area contributed by atoms with Crippen molar-refractivity contribution < 1.29 is 5.11 Å². The number of hydrogen-bond donors (Lipinski definition) is 2. The molecule has 1 saturated heterocycles. The SMILES string of the molecule is CN(c1ccccc1)c1ccc(-c2nccn2[C@@H]2CNC[C@@H]2O)cc1. The number of para-hydroxylation sites is 1. The van der Waals surface area contributed by atoms with Crippen LogP contribution in [0.4, 0.5) is 11.4 Å². The quantitative estimate of drug-likeness (QED) is 0.770. The second-order valence-electron chi connectivity index (χ2n) is 6.39. The van der Waals surface area contributed by atoms with Crippen molar-refractivity contribution in [3.63, 3.8) is 0 Å². The van der Waals surface area contributed by atoms with Crippen LogP contribution in [0.2, 0.25) is 0 Å². The highest BCUT2D eigenvalue weighted by molar-refractivity contribution is 5.66. The van der Waals surface area contributed by atoms with E-state index >= 15 is 0 Å². The van der Waals surface area contributed by atoms with Crippen molar-refractivity contribution in [1.82, 2.24) is 14.9 Å². The van der Waals surface area contributed by atoms with E-state index in [-0.39, 0.29) is 12.1 Å². The highest BCUT2D eigenvalue weighted by Crippen LogP contribution is 2.28. The van der Waals surface area contributed by atoms with Gasteiger partial charge in [0.25, 0.3) is 0 Å². The molecule has 0 unspecified atom stereocenters. The van der Waals surface area contributed by atoms with E-state index in [0.717, 1.165) is 29.3 Å². The van der Waals surface area contributed by atoms with Gasteiger partial charge in [-0.1, -0.05) is 18.2 Å². The van der Waals surface area contributed by atoms with Gasteiger partial charge >= 0.3 is 0 Å². The molecule has 5 nitrogen and oxygen atoms in total. The number of aliphatic hydroxyl groups is 1. The number of hydrogen-bond acceptors (Lipinski definition) is 4. The van der Waals surface area contributed by atoms with Crippen molar-refractivity contribution in [1.29, 1.82) is 0 Å². The van der Waals surface area contributed by atoms with Crippen LogP contribution in [0, 0.1) is 0 Å². The number of benzene rings is 2. The van der Waals surface area contributed by atoms with Crippen molar-refractivity contribution in [2.24, 2.45) is 0 Å². The second kappa shape index (κ2) is 6.70. The van der Waals surface area contributed by atoms with Crippen LogP contribution in [-0.2, 0) is 0 Å². The summed E-state index contributed by atoms with van der Waals surface area (Å²) in [5.41, 5.74) is 3.32. The summed E-state index contributed by atoms with van der Waals surface area (Å²) in [6.45, 7) is 1.39. The Labute approximate surface area is 147 Å². The number of aromatic nitrogens is 2. The molecule has 128 valence electrons. The van der Waals surface area contributed by atoms with E-state index in [0.29, 0.717) is 6.54 Å². The van der Waals surface area contributed by atoms with Crippen molar-refractivity contribution in [2.45, 2.75) is 12.1 Å². The highest BCUT2D eigenvalue weighted by Gasteiger charge is 2.28. The van der Waals surface area contributed by atoms with Gasteiger partial charge in [0.05, 0.1) is 12.1 Å². The molecule has 1 aromatic heterocycles. The third kappa shape index (κ3) is 3.04. The lowest BCUT2D eigenvalue weighted by Crippen LogP contribution is -2.22. The molecule has 0 radical (unpaired) electrons. The molecule has 1 aliphatic heterocycles. The van der Waals surface area contributed by atoms with Gasteiger partial charge in [-0.05, 0) is 36.4 Å². The lowest BCUT2D eigenvalue weighted by molar-refractivity contribution is 0.151. The van der Waals surface area contributed by atoms with Crippen molar-refractivity contribution in [2.75, 3.05) is 25.0 Å². The maximum atomic E-state index is 10.2.